The Morgan fingerprint density at radius 2 is 1.20 bits per heavy atom. The van der Waals surface area contributed by atoms with E-state index in [-0.39, 0.29) is 35.0 Å². The van der Waals surface area contributed by atoms with Crippen molar-refractivity contribution in [3.05, 3.63) is 135 Å². The third-order valence-corrected chi connectivity index (χ3v) is 8.82. The molecular formula is C33H22BrNO5. The Hall–Kier alpha value is -4.36. The molecule has 0 N–H and O–H groups in total. The zero-order valence-electron chi connectivity index (χ0n) is 21.1. The van der Waals surface area contributed by atoms with Crippen LogP contribution in [0, 0.1) is 11.8 Å². The first-order valence-electron chi connectivity index (χ1n) is 13.1. The van der Waals surface area contributed by atoms with E-state index in [1.165, 1.54) is 11.0 Å². The largest absolute Gasteiger partial charge is 0.454 e. The molecule has 4 aliphatic rings. The van der Waals surface area contributed by atoms with Gasteiger partial charge in [0, 0.05) is 21.9 Å². The fourth-order valence-electron chi connectivity index (χ4n) is 6.64. The number of Topliss-reactive ketones (excluding diaryl/α,β-unsaturated/α-hetero) is 1. The van der Waals surface area contributed by atoms with Gasteiger partial charge >= 0.3 is 5.97 Å². The van der Waals surface area contributed by atoms with Crippen LogP contribution in [0.3, 0.4) is 0 Å². The van der Waals surface area contributed by atoms with Crippen molar-refractivity contribution in [1.82, 2.24) is 0 Å². The maximum atomic E-state index is 14.0. The molecule has 7 heteroatoms. The summed E-state index contributed by atoms with van der Waals surface area (Å²) in [5.41, 5.74) is 5.31. The van der Waals surface area contributed by atoms with Gasteiger partial charge in [0.1, 0.15) is 0 Å². The van der Waals surface area contributed by atoms with Crippen LogP contribution in [0.25, 0.3) is 0 Å². The Morgan fingerprint density at radius 3 is 1.73 bits per heavy atom. The average molecular weight is 592 g/mol. The fraction of sp³-hybridized carbons (Fsp3) is 0.152. The predicted octanol–water partition coefficient (Wildman–Crippen LogP) is 5.89. The number of hydrogen-bond acceptors (Lipinski definition) is 5. The molecule has 1 fully saturated rings. The molecule has 1 heterocycles. The first-order valence-corrected chi connectivity index (χ1v) is 13.8. The average Bonchev–Trinajstić information content (AvgIpc) is 3.26. The minimum atomic E-state index is -0.705. The smallest absolute Gasteiger partial charge is 0.338 e. The maximum absolute atomic E-state index is 14.0. The number of rotatable bonds is 5. The van der Waals surface area contributed by atoms with Crippen molar-refractivity contribution in [3.8, 4) is 0 Å². The molecule has 2 bridgehead atoms. The third-order valence-electron chi connectivity index (χ3n) is 8.29. The van der Waals surface area contributed by atoms with Gasteiger partial charge in [-0.2, -0.15) is 0 Å². The summed E-state index contributed by atoms with van der Waals surface area (Å²) in [5.74, 6) is -3.00. The Balaban J connectivity index is 1.17. The highest BCUT2D eigenvalue weighted by Gasteiger charge is 2.61. The van der Waals surface area contributed by atoms with Crippen LogP contribution in [0.5, 0.6) is 0 Å². The number of carbonyl (C=O) groups is 4. The normalized spacial score (nSPS) is 22.0. The number of ether oxygens (including phenoxy) is 1. The van der Waals surface area contributed by atoms with E-state index < -0.39 is 24.4 Å². The molecule has 4 aromatic carbocycles. The lowest BCUT2D eigenvalue weighted by atomic mass is 9.55. The van der Waals surface area contributed by atoms with Crippen LogP contribution < -0.4 is 4.90 Å². The molecule has 1 saturated heterocycles. The number of benzene rings is 4. The summed E-state index contributed by atoms with van der Waals surface area (Å²) in [6.07, 6.45) is 0. The molecule has 0 saturated carbocycles. The molecule has 4 aromatic rings. The fourth-order valence-corrected chi connectivity index (χ4v) is 6.90. The second-order valence-electron chi connectivity index (χ2n) is 10.3. The van der Waals surface area contributed by atoms with Crippen molar-refractivity contribution in [2.45, 2.75) is 11.8 Å². The highest BCUT2D eigenvalue weighted by molar-refractivity contribution is 9.10. The van der Waals surface area contributed by atoms with Gasteiger partial charge in [-0.1, -0.05) is 82.7 Å². The molecule has 0 spiro atoms. The number of hydrogen-bond donors (Lipinski definition) is 0. The molecule has 40 heavy (non-hydrogen) atoms. The number of amides is 2. The topological polar surface area (TPSA) is 80.8 Å². The second-order valence-corrected chi connectivity index (χ2v) is 11.2. The van der Waals surface area contributed by atoms with Gasteiger partial charge < -0.3 is 4.74 Å². The van der Waals surface area contributed by atoms with Crippen LogP contribution >= 0.6 is 15.9 Å². The van der Waals surface area contributed by atoms with Crippen LogP contribution in [-0.2, 0) is 14.3 Å². The summed E-state index contributed by atoms with van der Waals surface area (Å²) < 4.78 is 6.12. The summed E-state index contributed by atoms with van der Waals surface area (Å²) in [6.45, 7) is -0.420. The lowest BCUT2D eigenvalue weighted by molar-refractivity contribution is -0.122. The zero-order valence-corrected chi connectivity index (χ0v) is 22.7. The first kappa shape index (κ1) is 24.7. The molecule has 2 amide bonds. The third kappa shape index (κ3) is 3.68. The van der Waals surface area contributed by atoms with Crippen molar-refractivity contribution in [1.29, 1.82) is 0 Å². The lowest BCUT2D eigenvalue weighted by Crippen LogP contribution is -2.41. The van der Waals surface area contributed by atoms with Crippen molar-refractivity contribution >= 4 is 45.2 Å². The highest BCUT2D eigenvalue weighted by atomic mass is 79.9. The van der Waals surface area contributed by atoms with E-state index in [0.717, 1.165) is 26.7 Å². The minimum Gasteiger partial charge on any atom is -0.454 e. The van der Waals surface area contributed by atoms with Gasteiger partial charge in [-0.3, -0.25) is 14.4 Å². The van der Waals surface area contributed by atoms with Crippen LogP contribution in [0.15, 0.2) is 102 Å². The van der Waals surface area contributed by atoms with Gasteiger partial charge in [-0.05, 0) is 52.6 Å². The maximum Gasteiger partial charge on any atom is 0.338 e. The van der Waals surface area contributed by atoms with Crippen molar-refractivity contribution in [3.63, 3.8) is 0 Å². The number of carbonyl (C=O) groups excluding carboxylic acids is 4. The Labute approximate surface area is 238 Å². The standard InChI is InChI=1S/C33H22BrNO5/c34-20-14-12-18(13-15-20)26(36)17-40-33(39)19-6-5-7-21(16-19)35-31(37)29-27-22-8-1-2-9-23(22)28(30(29)32(35)38)25-11-4-3-10-24(25)27/h1-16,27-30H,17H2. The number of ketones is 1. The van der Waals surface area contributed by atoms with Crippen molar-refractivity contribution < 1.29 is 23.9 Å². The summed E-state index contributed by atoms with van der Waals surface area (Å²) in [6, 6.07) is 29.2. The van der Waals surface area contributed by atoms with E-state index in [0.29, 0.717) is 11.3 Å². The van der Waals surface area contributed by atoms with Gasteiger partial charge in [0.2, 0.25) is 11.8 Å². The van der Waals surface area contributed by atoms with Gasteiger partial charge in [0.05, 0.1) is 23.1 Å². The molecule has 0 aromatic heterocycles. The van der Waals surface area contributed by atoms with Gasteiger partial charge in [-0.15, -0.1) is 0 Å². The SMILES string of the molecule is O=C(COC(=O)c1cccc(N2C(=O)C3C4c5ccccc5C(c5ccccc54)C3C2=O)c1)c1ccc(Br)cc1. The molecule has 6 nitrogen and oxygen atoms in total. The van der Waals surface area contributed by atoms with E-state index in [9.17, 15) is 19.2 Å². The van der Waals surface area contributed by atoms with E-state index in [4.69, 9.17) is 4.74 Å². The first-order chi connectivity index (χ1) is 19.4. The number of esters is 1. The Kier molecular flexibility index (Phi) is 5.78. The number of nitrogens with zero attached hydrogens (tertiary/aromatic N) is 1. The van der Waals surface area contributed by atoms with Gasteiger partial charge in [0.15, 0.2) is 12.4 Å². The molecule has 196 valence electrons. The van der Waals surface area contributed by atoms with E-state index in [2.05, 4.69) is 40.2 Å². The minimum absolute atomic E-state index is 0.158. The van der Waals surface area contributed by atoms with Crippen molar-refractivity contribution in [2.75, 3.05) is 11.5 Å². The second kappa shape index (κ2) is 9.38. The molecule has 2 atom stereocenters. The van der Waals surface area contributed by atoms with E-state index >= 15 is 0 Å². The summed E-state index contributed by atoms with van der Waals surface area (Å²) in [5, 5.41) is 0. The highest BCUT2D eigenvalue weighted by Crippen LogP contribution is 2.61. The molecule has 2 unspecified atom stereocenters. The Morgan fingerprint density at radius 1 is 0.675 bits per heavy atom. The Bertz CT molecular complexity index is 1610. The quantitative estimate of drug-likeness (QED) is 0.164. The van der Waals surface area contributed by atoms with Crippen molar-refractivity contribution in [2.24, 2.45) is 11.8 Å². The lowest BCUT2D eigenvalue weighted by Gasteiger charge is -2.45. The van der Waals surface area contributed by atoms with Crippen LogP contribution in [0.2, 0.25) is 0 Å². The summed E-state index contributed by atoms with van der Waals surface area (Å²) in [4.78, 5) is 54.5. The van der Waals surface area contributed by atoms with Crippen LogP contribution in [0.1, 0.15) is 54.8 Å². The molecular weight excluding hydrogens is 570 g/mol. The van der Waals surface area contributed by atoms with Gasteiger partial charge in [-0.25, -0.2) is 9.69 Å². The summed E-state index contributed by atoms with van der Waals surface area (Å²) in [7, 11) is 0. The molecule has 1 aliphatic heterocycles. The van der Waals surface area contributed by atoms with Crippen LogP contribution in [-0.4, -0.2) is 30.2 Å². The zero-order chi connectivity index (χ0) is 27.5. The predicted molar refractivity (Wildman–Crippen MR) is 151 cm³/mol. The molecule has 0 radical (unpaired) electrons. The van der Waals surface area contributed by atoms with Crippen LogP contribution in [0.4, 0.5) is 5.69 Å². The number of imide groups is 1. The molecule has 3 aliphatic carbocycles. The number of anilines is 1. The monoisotopic (exact) mass is 591 g/mol. The molecule has 8 rings (SSSR count). The van der Waals surface area contributed by atoms with Gasteiger partial charge in [0.25, 0.3) is 0 Å². The number of halogens is 1. The summed E-state index contributed by atoms with van der Waals surface area (Å²) >= 11 is 3.33. The van der Waals surface area contributed by atoms with E-state index in [1.807, 2.05) is 24.3 Å². The van der Waals surface area contributed by atoms with E-state index in [1.54, 1.807) is 42.5 Å².